The van der Waals surface area contributed by atoms with Crippen molar-refractivity contribution >= 4 is 6.03 Å². The SMILES string of the molecule is O=C(NCCc1ccccc1)NCc1ccc(-c2ccoc2)o1. The second-order valence-corrected chi connectivity index (χ2v) is 5.12. The number of nitrogens with one attached hydrogen (secondary N) is 2. The lowest BCUT2D eigenvalue weighted by Gasteiger charge is -2.06. The van der Waals surface area contributed by atoms with Crippen molar-refractivity contribution in [1.29, 1.82) is 0 Å². The molecule has 0 saturated heterocycles. The summed E-state index contributed by atoms with van der Waals surface area (Å²) in [6.45, 7) is 0.934. The Hall–Kier alpha value is -2.95. The standard InChI is InChI=1S/C18H18N2O3/c21-18(19-10-8-14-4-2-1-3-5-14)20-12-16-6-7-17(23-16)15-9-11-22-13-15/h1-7,9,11,13H,8,10,12H2,(H2,19,20,21). The van der Waals surface area contributed by atoms with Crippen molar-refractivity contribution in [2.24, 2.45) is 0 Å². The quantitative estimate of drug-likeness (QED) is 0.731. The topological polar surface area (TPSA) is 67.4 Å². The Morgan fingerprint density at radius 3 is 2.65 bits per heavy atom. The van der Waals surface area contributed by atoms with Crippen molar-refractivity contribution in [2.75, 3.05) is 6.54 Å². The summed E-state index contributed by atoms with van der Waals surface area (Å²) in [5, 5.41) is 5.61. The normalized spacial score (nSPS) is 10.4. The first-order chi connectivity index (χ1) is 11.3. The number of carbonyl (C=O) groups is 1. The van der Waals surface area contributed by atoms with Crippen LogP contribution in [0.4, 0.5) is 4.79 Å². The fourth-order valence-corrected chi connectivity index (χ4v) is 2.23. The van der Waals surface area contributed by atoms with E-state index in [0.29, 0.717) is 18.8 Å². The minimum absolute atomic E-state index is 0.206. The molecule has 0 fully saturated rings. The van der Waals surface area contributed by atoms with E-state index in [9.17, 15) is 4.79 Å². The van der Waals surface area contributed by atoms with Crippen molar-refractivity contribution in [2.45, 2.75) is 13.0 Å². The number of amides is 2. The third-order valence-corrected chi connectivity index (χ3v) is 3.43. The zero-order valence-corrected chi connectivity index (χ0v) is 12.6. The lowest BCUT2D eigenvalue weighted by Crippen LogP contribution is -2.36. The highest BCUT2D eigenvalue weighted by Gasteiger charge is 2.07. The number of urea groups is 1. The van der Waals surface area contributed by atoms with Crippen molar-refractivity contribution in [1.82, 2.24) is 10.6 Å². The highest BCUT2D eigenvalue weighted by atomic mass is 16.3. The molecule has 0 aliphatic rings. The maximum absolute atomic E-state index is 11.8. The van der Waals surface area contributed by atoms with Gasteiger partial charge in [-0.15, -0.1) is 0 Å². The molecule has 0 bridgehead atoms. The van der Waals surface area contributed by atoms with Gasteiger partial charge in [0.05, 0.1) is 18.4 Å². The van der Waals surface area contributed by atoms with E-state index < -0.39 is 0 Å². The molecule has 0 radical (unpaired) electrons. The number of carbonyl (C=O) groups excluding carboxylic acids is 1. The molecule has 0 spiro atoms. The number of hydrogen-bond acceptors (Lipinski definition) is 3. The first kappa shape index (κ1) is 15.0. The van der Waals surface area contributed by atoms with Gasteiger partial charge in [0, 0.05) is 6.54 Å². The van der Waals surface area contributed by atoms with E-state index in [1.165, 1.54) is 5.56 Å². The summed E-state index contributed by atoms with van der Waals surface area (Å²) in [6.07, 6.45) is 4.02. The van der Waals surface area contributed by atoms with Crippen LogP contribution in [0, 0.1) is 0 Å². The van der Waals surface area contributed by atoms with Gasteiger partial charge in [0.1, 0.15) is 17.8 Å². The average Bonchev–Trinajstić information content (AvgIpc) is 3.25. The molecule has 2 N–H and O–H groups in total. The first-order valence-electron chi connectivity index (χ1n) is 7.48. The molecule has 2 heterocycles. The molecule has 0 aliphatic heterocycles. The van der Waals surface area contributed by atoms with Gasteiger partial charge in [-0.2, -0.15) is 0 Å². The molecule has 0 unspecified atom stereocenters. The van der Waals surface area contributed by atoms with Crippen LogP contribution in [0.1, 0.15) is 11.3 Å². The van der Waals surface area contributed by atoms with Crippen LogP contribution in [0.2, 0.25) is 0 Å². The Balaban J connectivity index is 1.41. The number of furan rings is 2. The van der Waals surface area contributed by atoms with Crippen LogP contribution in [0.25, 0.3) is 11.3 Å². The summed E-state index contributed by atoms with van der Waals surface area (Å²) >= 11 is 0. The molecule has 5 nitrogen and oxygen atoms in total. The number of benzene rings is 1. The Morgan fingerprint density at radius 1 is 1.00 bits per heavy atom. The second-order valence-electron chi connectivity index (χ2n) is 5.12. The molecule has 23 heavy (non-hydrogen) atoms. The Bertz CT molecular complexity index is 733. The first-order valence-corrected chi connectivity index (χ1v) is 7.48. The van der Waals surface area contributed by atoms with Crippen LogP contribution in [-0.4, -0.2) is 12.6 Å². The van der Waals surface area contributed by atoms with Gasteiger partial charge in [0.15, 0.2) is 0 Å². The lowest BCUT2D eigenvalue weighted by atomic mass is 10.1. The van der Waals surface area contributed by atoms with Crippen molar-refractivity contribution < 1.29 is 13.6 Å². The van der Waals surface area contributed by atoms with Gasteiger partial charge < -0.3 is 19.5 Å². The molecular formula is C18H18N2O3. The third-order valence-electron chi connectivity index (χ3n) is 3.43. The molecule has 0 atom stereocenters. The van der Waals surface area contributed by atoms with E-state index in [2.05, 4.69) is 10.6 Å². The molecular weight excluding hydrogens is 292 g/mol. The largest absolute Gasteiger partial charge is 0.472 e. The number of rotatable bonds is 6. The molecule has 5 heteroatoms. The fraction of sp³-hybridized carbons (Fsp3) is 0.167. The van der Waals surface area contributed by atoms with E-state index in [4.69, 9.17) is 8.83 Å². The Morgan fingerprint density at radius 2 is 1.87 bits per heavy atom. The average molecular weight is 310 g/mol. The molecule has 0 aliphatic carbocycles. The van der Waals surface area contributed by atoms with Crippen LogP contribution in [0.3, 0.4) is 0 Å². The van der Waals surface area contributed by atoms with Crippen molar-refractivity contribution in [3.8, 4) is 11.3 Å². The van der Waals surface area contributed by atoms with Crippen molar-refractivity contribution in [3.05, 3.63) is 72.4 Å². The summed E-state index contributed by atoms with van der Waals surface area (Å²) in [5.41, 5.74) is 2.08. The molecule has 0 saturated carbocycles. The summed E-state index contributed by atoms with van der Waals surface area (Å²) in [4.78, 5) is 11.8. The van der Waals surface area contributed by atoms with Gasteiger partial charge in [-0.05, 0) is 30.2 Å². The summed E-state index contributed by atoms with van der Waals surface area (Å²) in [7, 11) is 0. The maximum Gasteiger partial charge on any atom is 0.315 e. The van der Waals surface area contributed by atoms with E-state index in [-0.39, 0.29) is 6.03 Å². The summed E-state index contributed by atoms with van der Waals surface area (Å²) in [5.74, 6) is 1.42. The van der Waals surface area contributed by atoms with E-state index >= 15 is 0 Å². The molecule has 2 aromatic heterocycles. The molecule has 2 amide bonds. The highest BCUT2D eigenvalue weighted by Crippen LogP contribution is 2.22. The van der Waals surface area contributed by atoms with Gasteiger partial charge in [0.25, 0.3) is 0 Å². The predicted octanol–water partition coefficient (Wildman–Crippen LogP) is 3.58. The van der Waals surface area contributed by atoms with Crippen LogP contribution in [-0.2, 0) is 13.0 Å². The zero-order valence-electron chi connectivity index (χ0n) is 12.6. The van der Waals surface area contributed by atoms with Crippen LogP contribution < -0.4 is 10.6 Å². The Kier molecular flexibility index (Phi) is 4.79. The monoisotopic (exact) mass is 310 g/mol. The lowest BCUT2D eigenvalue weighted by molar-refractivity contribution is 0.239. The second kappa shape index (κ2) is 7.35. The predicted molar refractivity (Wildman–Crippen MR) is 86.8 cm³/mol. The summed E-state index contributed by atoms with van der Waals surface area (Å²) in [6, 6.07) is 15.4. The molecule has 3 aromatic rings. The third kappa shape index (κ3) is 4.26. The minimum Gasteiger partial charge on any atom is -0.472 e. The van der Waals surface area contributed by atoms with Gasteiger partial charge in [-0.3, -0.25) is 0 Å². The smallest absolute Gasteiger partial charge is 0.315 e. The van der Waals surface area contributed by atoms with Gasteiger partial charge in [-0.1, -0.05) is 30.3 Å². The minimum atomic E-state index is -0.206. The molecule has 1 aromatic carbocycles. The molecule has 3 rings (SSSR count). The fourth-order valence-electron chi connectivity index (χ4n) is 2.23. The van der Waals surface area contributed by atoms with E-state index in [1.807, 2.05) is 48.5 Å². The van der Waals surface area contributed by atoms with E-state index in [0.717, 1.165) is 17.7 Å². The van der Waals surface area contributed by atoms with Crippen LogP contribution in [0.15, 0.2) is 69.9 Å². The highest BCUT2D eigenvalue weighted by molar-refractivity contribution is 5.73. The van der Waals surface area contributed by atoms with Gasteiger partial charge in [0.2, 0.25) is 0 Å². The zero-order chi connectivity index (χ0) is 15.9. The Labute approximate surface area is 134 Å². The van der Waals surface area contributed by atoms with E-state index in [1.54, 1.807) is 12.5 Å². The van der Waals surface area contributed by atoms with Crippen LogP contribution in [0.5, 0.6) is 0 Å². The molecule has 118 valence electrons. The van der Waals surface area contributed by atoms with Crippen LogP contribution >= 0.6 is 0 Å². The van der Waals surface area contributed by atoms with Crippen molar-refractivity contribution in [3.63, 3.8) is 0 Å². The van der Waals surface area contributed by atoms with Gasteiger partial charge >= 0.3 is 6.03 Å². The maximum atomic E-state index is 11.8. The number of hydrogen-bond donors (Lipinski definition) is 2. The van der Waals surface area contributed by atoms with Gasteiger partial charge in [-0.25, -0.2) is 4.79 Å². The summed E-state index contributed by atoms with van der Waals surface area (Å²) < 4.78 is 10.7.